The molecule has 40 heavy (non-hydrogen) atoms. The molecule has 6 heteroatoms. The molecule has 3 saturated carbocycles. The summed E-state index contributed by atoms with van der Waals surface area (Å²) >= 11 is 0. The van der Waals surface area contributed by atoms with Gasteiger partial charge in [-0.15, -0.1) is 0 Å². The molecule has 0 N–H and O–H groups in total. The van der Waals surface area contributed by atoms with Crippen molar-refractivity contribution in [3.63, 3.8) is 0 Å². The number of hydrogen-bond acceptors (Lipinski definition) is 6. The maximum absolute atomic E-state index is 13.2. The van der Waals surface area contributed by atoms with Gasteiger partial charge in [0.05, 0.1) is 18.4 Å². The molecule has 4 aliphatic carbocycles. The Morgan fingerprint density at radius 1 is 0.775 bits per heavy atom. The highest BCUT2D eigenvalue weighted by Crippen LogP contribution is 2.59. The molecule has 2 unspecified atom stereocenters. The first-order chi connectivity index (χ1) is 19.5. The molecule has 0 amide bonds. The van der Waals surface area contributed by atoms with Gasteiger partial charge in [-0.25, -0.2) is 4.79 Å². The first-order valence-corrected chi connectivity index (χ1v) is 15.9. The van der Waals surface area contributed by atoms with Crippen molar-refractivity contribution in [1.82, 2.24) is 0 Å². The molecule has 0 saturated heterocycles. The summed E-state index contributed by atoms with van der Waals surface area (Å²) in [5, 5.41) is 0. The maximum atomic E-state index is 13.2. The van der Waals surface area contributed by atoms with Crippen LogP contribution in [0.25, 0.3) is 0 Å². The smallest absolute Gasteiger partial charge is 0.330 e. The molecule has 5 rings (SSSR count). The van der Waals surface area contributed by atoms with Crippen LogP contribution in [0.15, 0.2) is 24.8 Å². The maximum Gasteiger partial charge on any atom is 0.330 e. The molecule has 0 heterocycles. The van der Waals surface area contributed by atoms with Gasteiger partial charge in [0.15, 0.2) is 0 Å². The molecule has 218 valence electrons. The first kappa shape index (κ1) is 28.9. The van der Waals surface area contributed by atoms with Gasteiger partial charge in [0.2, 0.25) is 0 Å². The minimum absolute atomic E-state index is 0.000494. The van der Waals surface area contributed by atoms with Crippen LogP contribution < -0.4 is 9.47 Å². The molecular weight excluding hydrogens is 504 g/mol. The van der Waals surface area contributed by atoms with Crippen LogP contribution in [0.5, 0.6) is 11.5 Å². The molecule has 2 atom stereocenters. The van der Waals surface area contributed by atoms with E-state index in [9.17, 15) is 14.4 Å². The average Bonchev–Trinajstić information content (AvgIpc) is 3.61. The topological polar surface area (TPSA) is 78.9 Å². The molecule has 0 spiro atoms. The van der Waals surface area contributed by atoms with Crippen LogP contribution in [0.1, 0.15) is 126 Å². The Hall–Kier alpha value is -2.63. The van der Waals surface area contributed by atoms with Crippen LogP contribution in [-0.4, -0.2) is 24.5 Å². The summed E-state index contributed by atoms with van der Waals surface area (Å²) in [6.07, 6.45) is 16.5. The van der Waals surface area contributed by atoms with Crippen molar-refractivity contribution < 1.29 is 28.6 Å². The summed E-state index contributed by atoms with van der Waals surface area (Å²) in [5.41, 5.74) is 2.25. The van der Waals surface area contributed by atoms with Crippen molar-refractivity contribution in [2.24, 2.45) is 23.7 Å². The van der Waals surface area contributed by atoms with E-state index in [-0.39, 0.29) is 29.7 Å². The zero-order chi connectivity index (χ0) is 28.1. The molecule has 6 nitrogen and oxygen atoms in total. The minimum Gasteiger partial charge on any atom is -0.463 e. The molecule has 3 fully saturated rings. The summed E-state index contributed by atoms with van der Waals surface area (Å²) in [5.74, 6) is 2.91. The minimum atomic E-state index is -0.363. The fourth-order valence-electron chi connectivity index (χ4n) is 7.77. The van der Waals surface area contributed by atoms with Gasteiger partial charge in [0, 0.05) is 17.2 Å². The van der Waals surface area contributed by atoms with Crippen molar-refractivity contribution in [1.29, 1.82) is 0 Å². The monoisotopic (exact) mass is 550 g/mol. The van der Waals surface area contributed by atoms with Gasteiger partial charge in [-0.1, -0.05) is 26.3 Å². The second kappa shape index (κ2) is 13.4. The number of carbonyl (C=O) groups excluding carboxylic acids is 3. The Kier molecular flexibility index (Phi) is 9.64. The lowest BCUT2D eigenvalue weighted by atomic mass is 9.80. The van der Waals surface area contributed by atoms with Crippen LogP contribution in [-0.2, 0) is 19.1 Å². The Balaban J connectivity index is 1.14. The number of esters is 3. The van der Waals surface area contributed by atoms with E-state index in [2.05, 4.69) is 13.5 Å². The summed E-state index contributed by atoms with van der Waals surface area (Å²) in [4.78, 5) is 37.4. The highest BCUT2D eigenvalue weighted by atomic mass is 16.5. The van der Waals surface area contributed by atoms with Crippen molar-refractivity contribution in [2.45, 2.75) is 115 Å². The fourth-order valence-corrected chi connectivity index (χ4v) is 7.77. The van der Waals surface area contributed by atoms with E-state index in [1.807, 2.05) is 12.1 Å². The summed E-state index contributed by atoms with van der Waals surface area (Å²) in [6, 6.07) is 3.75. The molecule has 0 aromatic heterocycles. The van der Waals surface area contributed by atoms with Gasteiger partial charge in [0.1, 0.15) is 11.5 Å². The van der Waals surface area contributed by atoms with E-state index >= 15 is 0 Å². The van der Waals surface area contributed by atoms with Gasteiger partial charge in [0.25, 0.3) is 0 Å². The Bertz CT molecular complexity index is 1080. The largest absolute Gasteiger partial charge is 0.463 e. The highest BCUT2D eigenvalue weighted by Gasteiger charge is 2.42. The van der Waals surface area contributed by atoms with Gasteiger partial charge >= 0.3 is 17.9 Å². The second-order valence-corrected chi connectivity index (χ2v) is 12.6. The van der Waals surface area contributed by atoms with Crippen molar-refractivity contribution in [3.8, 4) is 11.5 Å². The Morgan fingerprint density at radius 3 is 1.80 bits per heavy atom. The third-order valence-electron chi connectivity index (χ3n) is 10.2. The normalized spacial score (nSPS) is 28.9. The summed E-state index contributed by atoms with van der Waals surface area (Å²) in [6.45, 7) is 6.09. The van der Waals surface area contributed by atoms with Gasteiger partial charge in [-0.3, -0.25) is 9.59 Å². The SMILES string of the molecule is C=CC(=O)OCCCCC1CCC(C(=O)Oc2ccc(OC(=O)C3CCC(CC)CC3)c3c2C2CCC3C2)CC1. The van der Waals surface area contributed by atoms with E-state index in [1.165, 1.54) is 12.5 Å². The number of hydrogen-bond donors (Lipinski definition) is 0. The number of benzene rings is 1. The molecule has 2 bridgehead atoms. The van der Waals surface area contributed by atoms with E-state index in [4.69, 9.17) is 14.2 Å². The van der Waals surface area contributed by atoms with Gasteiger partial charge < -0.3 is 14.2 Å². The number of fused-ring (bicyclic) bond motifs is 5. The van der Waals surface area contributed by atoms with E-state index < -0.39 is 0 Å². The van der Waals surface area contributed by atoms with Crippen LogP contribution in [0, 0.1) is 23.7 Å². The van der Waals surface area contributed by atoms with Crippen molar-refractivity contribution in [2.75, 3.05) is 6.61 Å². The third kappa shape index (κ3) is 6.63. The lowest BCUT2D eigenvalue weighted by Crippen LogP contribution is -2.27. The van der Waals surface area contributed by atoms with Crippen LogP contribution in [0.3, 0.4) is 0 Å². The number of rotatable bonds is 11. The molecule has 0 aliphatic heterocycles. The van der Waals surface area contributed by atoms with Gasteiger partial charge in [-0.05, 0) is 119 Å². The van der Waals surface area contributed by atoms with E-state index in [0.29, 0.717) is 35.9 Å². The Labute approximate surface area is 239 Å². The molecule has 4 aliphatic rings. The van der Waals surface area contributed by atoms with Crippen molar-refractivity contribution in [3.05, 3.63) is 35.9 Å². The second-order valence-electron chi connectivity index (χ2n) is 12.6. The number of ether oxygens (including phenoxy) is 3. The predicted octanol–water partition coefficient (Wildman–Crippen LogP) is 7.78. The third-order valence-corrected chi connectivity index (χ3v) is 10.2. The molecule has 0 radical (unpaired) electrons. The zero-order valence-corrected chi connectivity index (χ0v) is 24.2. The van der Waals surface area contributed by atoms with Gasteiger partial charge in [-0.2, -0.15) is 0 Å². The number of carbonyl (C=O) groups is 3. The Morgan fingerprint density at radius 2 is 1.30 bits per heavy atom. The van der Waals surface area contributed by atoms with E-state index in [1.54, 1.807) is 0 Å². The standard InChI is InChI=1S/C34H46O6/c1-3-22-8-12-24(13-9-22)33(36)39-28-18-19-29(32-27-17-16-26(21-27)31(28)32)40-34(37)25-14-10-23(11-15-25)7-5-6-20-38-30(35)4-2/h4,18-19,22-27H,2-3,5-17,20-21H2,1H3. The fraction of sp³-hybridized carbons (Fsp3) is 0.676. The summed E-state index contributed by atoms with van der Waals surface area (Å²) < 4.78 is 17.2. The molecule has 1 aromatic rings. The first-order valence-electron chi connectivity index (χ1n) is 15.9. The summed E-state index contributed by atoms with van der Waals surface area (Å²) in [7, 11) is 0. The van der Waals surface area contributed by atoms with Crippen LogP contribution in [0.4, 0.5) is 0 Å². The average molecular weight is 551 g/mol. The zero-order valence-electron chi connectivity index (χ0n) is 24.2. The molecule has 1 aromatic carbocycles. The highest BCUT2D eigenvalue weighted by molar-refractivity contribution is 5.81. The lowest BCUT2D eigenvalue weighted by Gasteiger charge is -2.28. The quantitative estimate of drug-likeness (QED) is 0.121. The van der Waals surface area contributed by atoms with Crippen LogP contribution >= 0.6 is 0 Å². The lowest BCUT2D eigenvalue weighted by molar-refractivity contribution is -0.141. The van der Waals surface area contributed by atoms with E-state index in [0.717, 1.165) is 107 Å². The predicted molar refractivity (Wildman–Crippen MR) is 153 cm³/mol. The number of unbranched alkanes of at least 4 members (excludes halogenated alkanes) is 1. The van der Waals surface area contributed by atoms with Crippen molar-refractivity contribution >= 4 is 17.9 Å². The molecular formula is C34H46O6. The van der Waals surface area contributed by atoms with Crippen LogP contribution in [0.2, 0.25) is 0 Å².